The molecule has 0 bridgehead atoms. The minimum absolute atomic E-state index is 0. The molecule has 21 heavy (non-hydrogen) atoms. The molecule has 0 aromatic carbocycles. The van der Waals surface area contributed by atoms with Crippen LogP contribution in [0.15, 0.2) is 0 Å². The molecular formula is C15H28ClN3O2. The molecule has 0 aromatic rings. The molecule has 1 aliphatic heterocycles. The number of nitrogens with two attached hydrogens (primary N) is 1. The van der Waals surface area contributed by atoms with E-state index in [4.69, 9.17) is 5.73 Å². The lowest BCUT2D eigenvalue weighted by Gasteiger charge is -2.36. The van der Waals surface area contributed by atoms with Gasteiger partial charge in [-0.05, 0) is 38.0 Å². The van der Waals surface area contributed by atoms with Crippen molar-refractivity contribution in [1.29, 1.82) is 0 Å². The normalized spacial score (nSPS) is 26.9. The van der Waals surface area contributed by atoms with Crippen molar-refractivity contribution < 1.29 is 9.59 Å². The maximum absolute atomic E-state index is 12.5. The van der Waals surface area contributed by atoms with Crippen molar-refractivity contribution in [3.63, 3.8) is 0 Å². The number of carbonyl (C=O) groups excluding carboxylic acids is 2. The lowest BCUT2D eigenvalue weighted by atomic mass is 9.84. The third kappa shape index (κ3) is 5.47. The van der Waals surface area contributed by atoms with Crippen LogP contribution in [0.1, 0.15) is 45.4 Å². The van der Waals surface area contributed by atoms with E-state index in [9.17, 15) is 9.59 Å². The van der Waals surface area contributed by atoms with Gasteiger partial charge < -0.3 is 16.0 Å². The highest BCUT2D eigenvalue weighted by Crippen LogP contribution is 2.27. The summed E-state index contributed by atoms with van der Waals surface area (Å²) in [5, 5.41) is 2.87. The summed E-state index contributed by atoms with van der Waals surface area (Å²) in [6.07, 6.45) is 5.97. The Kier molecular flexibility index (Phi) is 7.46. The van der Waals surface area contributed by atoms with Crippen LogP contribution in [0.2, 0.25) is 0 Å². The smallest absolute Gasteiger partial charge is 0.225 e. The number of hydrogen-bond acceptors (Lipinski definition) is 3. The molecule has 2 atom stereocenters. The standard InChI is InChI=1S/C15H27N3O2.ClH/c1-11(19)17-10-12-5-7-18(8-6-12)15(20)13-3-2-4-14(16)9-13;/h12-14H,2-10,16H2,1H3,(H,17,19);1H. The topological polar surface area (TPSA) is 75.4 Å². The number of piperidine rings is 1. The Morgan fingerprint density at radius 2 is 1.86 bits per heavy atom. The number of nitrogens with one attached hydrogen (secondary N) is 1. The Morgan fingerprint density at radius 3 is 2.43 bits per heavy atom. The second kappa shape index (κ2) is 8.59. The molecule has 0 spiro atoms. The van der Waals surface area contributed by atoms with Gasteiger partial charge in [0.2, 0.25) is 11.8 Å². The first-order chi connectivity index (χ1) is 9.56. The second-order valence-corrected chi connectivity index (χ2v) is 6.33. The van der Waals surface area contributed by atoms with Gasteiger partial charge in [0.25, 0.3) is 0 Å². The Morgan fingerprint density at radius 1 is 1.19 bits per heavy atom. The summed E-state index contributed by atoms with van der Waals surface area (Å²) in [5.74, 6) is 0.986. The van der Waals surface area contributed by atoms with Crippen molar-refractivity contribution in [3.05, 3.63) is 0 Å². The quantitative estimate of drug-likeness (QED) is 0.824. The number of hydrogen-bond donors (Lipinski definition) is 2. The molecular weight excluding hydrogens is 290 g/mol. The second-order valence-electron chi connectivity index (χ2n) is 6.33. The summed E-state index contributed by atoms with van der Waals surface area (Å²) in [7, 11) is 0. The number of rotatable bonds is 3. The average molecular weight is 318 g/mol. The van der Waals surface area contributed by atoms with Gasteiger partial charge in [-0.1, -0.05) is 6.42 Å². The van der Waals surface area contributed by atoms with Crippen LogP contribution in [0.5, 0.6) is 0 Å². The van der Waals surface area contributed by atoms with Crippen LogP contribution in [-0.2, 0) is 9.59 Å². The molecule has 6 heteroatoms. The molecule has 5 nitrogen and oxygen atoms in total. The SMILES string of the molecule is CC(=O)NCC1CCN(C(=O)C2CCCC(N)C2)CC1.Cl. The van der Waals surface area contributed by atoms with Gasteiger partial charge in [0, 0.05) is 38.5 Å². The molecule has 2 fully saturated rings. The predicted octanol–water partition coefficient (Wildman–Crippen LogP) is 1.30. The van der Waals surface area contributed by atoms with E-state index in [1.165, 1.54) is 0 Å². The van der Waals surface area contributed by atoms with E-state index < -0.39 is 0 Å². The van der Waals surface area contributed by atoms with Gasteiger partial charge in [-0.3, -0.25) is 9.59 Å². The highest BCUT2D eigenvalue weighted by Gasteiger charge is 2.31. The summed E-state index contributed by atoms with van der Waals surface area (Å²) < 4.78 is 0. The molecule has 2 amide bonds. The number of likely N-dealkylation sites (tertiary alicyclic amines) is 1. The Bertz CT molecular complexity index is 357. The molecule has 1 heterocycles. The molecule has 1 saturated carbocycles. The average Bonchev–Trinajstić information content (AvgIpc) is 2.45. The molecule has 122 valence electrons. The Balaban J connectivity index is 0.00000220. The molecule has 2 unspecified atom stereocenters. The van der Waals surface area contributed by atoms with Gasteiger partial charge >= 0.3 is 0 Å². The number of halogens is 1. The Hall–Kier alpha value is -0.810. The van der Waals surface area contributed by atoms with E-state index in [2.05, 4.69) is 5.32 Å². The van der Waals surface area contributed by atoms with Crippen molar-refractivity contribution in [2.24, 2.45) is 17.6 Å². The number of amides is 2. The molecule has 3 N–H and O–H groups in total. The molecule has 1 aliphatic carbocycles. The summed E-state index contributed by atoms with van der Waals surface area (Å²) in [6.45, 7) is 3.94. The maximum atomic E-state index is 12.5. The summed E-state index contributed by atoms with van der Waals surface area (Å²) >= 11 is 0. The van der Waals surface area contributed by atoms with Crippen LogP contribution >= 0.6 is 12.4 Å². The fourth-order valence-electron chi connectivity index (χ4n) is 3.36. The monoisotopic (exact) mass is 317 g/mol. The molecule has 2 aliphatic rings. The van der Waals surface area contributed by atoms with Crippen LogP contribution in [0.3, 0.4) is 0 Å². The zero-order valence-corrected chi connectivity index (χ0v) is 13.7. The number of nitrogens with zero attached hydrogens (tertiary/aromatic N) is 1. The van der Waals surface area contributed by atoms with Crippen LogP contribution in [0.4, 0.5) is 0 Å². The van der Waals surface area contributed by atoms with Crippen molar-refractivity contribution >= 4 is 24.2 Å². The molecule has 0 radical (unpaired) electrons. The first-order valence-electron chi connectivity index (χ1n) is 7.85. The van der Waals surface area contributed by atoms with Crippen LogP contribution < -0.4 is 11.1 Å². The van der Waals surface area contributed by atoms with E-state index in [0.29, 0.717) is 11.8 Å². The zero-order chi connectivity index (χ0) is 14.5. The van der Waals surface area contributed by atoms with E-state index >= 15 is 0 Å². The molecule has 1 saturated heterocycles. The summed E-state index contributed by atoms with van der Waals surface area (Å²) in [6, 6.07) is 0.204. The van der Waals surface area contributed by atoms with Gasteiger partial charge in [-0.2, -0.15) is 0 Å². The van der Waals surface area contributed by atoms with Gasteiger partial charge in [0.15, 0.2) is 0 Å². The first-order valence-corrected chi connectivity index (χ1v) is 7.85. The van der Waals surface area contributed by atoms with Gasteiger partial charge in [-0.15, -0.1) is 12.4 Å². The summed E-state index contributed by atoms with van der Waals surface area (Å²) in [4.78, 5) is 25.4. The van der Waals surface area contributed by atoms with E-state index in [1.807, 2.05) is 4.90 Å². The summed E-state index contributed by atoms with van der Waals surface area (Å²) in [5.41, 5.74) is 5.97. The lowest BCUT2D eigenvalue weighted by Crippen LogP contribution is -2.45. The third-order valence-electron chi connectivity index (χ3n) is 4.63. The van der Waals surface area contributed by atoms with E-state index in [1.54, 1.807) is 6.92 Å². The fourth-order valence-corrected chi connectivity index (χ4v) is 3.36. The first kappa shape index (κ1) is 18.2. The minimum atomic E-state index is 0. The highest BCUT2D eigenvalue weighted by atomic mass is 35.5. The molecule has 2 rings (SSSR count). The van der Waals surface area contributed by atoms with E-state index in [0.717, 1.165) is 58.2 Å². The van der Waals surface area contributed by atoms with Crippen LogP contribution in [-0.4, -0.2) is 42.4 Å². The minimum Gasteiger partial charge on any atom is -0.356 e. The van der Waals surface area contributed by atoms with Crippen molar-refractivity contribution in [3.8, 4) is 0 Å². The van der Waals surface area contributed by atoms with Gasteiger partial charge in [0.1, 0.15) is 0 Å². The van der Waals surface area contributed by atoms with Crippen LogP contribution in [0, 0.1) is 11.8 Å². The lowest BCUT2D eigenvalue weighted by molar-refractivity contribution is -0.138. The zero-order valence-electron chi connectivity index (χ0n) is 12.8. The third-order valence-corrected chi connectivity index (χ3v) is 4.63. The van der Waals surface area contributed by atoms with Gasteiger partial charge in [0.05, 0.1) is 0 Å². The van der Waals surface area contributed by atoms with Crippen LogP contribution in [0.25, 0.3) is 0 Å². The highest BCUT2D eigenvalue weighted by molar-refractivity contribution is 5.85. The Labute approximate surface area is 133 Å². The fraction of sp³-hybridized carbons (Fsp3) is 0.867. The molecule has 0 aromatic heterocycles. The number of carbonyl (C=O) groups is 2. The maximum Gasteiger partial charge on any atom is 0.225 e. The largest absolute Gasteiger partial charge is 0.356 e. The van der Waals surface area contributed by atoms with Crippen molar-refractivity contribution in [1.82, 2.24) is 10.2 Å². The predicted molar refractivity (Wildman–Crippen MR) is 85.2 cm³/mol. The van der Waals surface area contributed by atoms with E-state index in [-0.39, 0.29) is 30.3 Å². The van der Waals surface area contributed by atoms with Crippen molar-refractivity contribution in [2.45, 2.75) is 51.5 Å². The van der Waals surface area contributed by atoms with Gasteiger partial charge in [-0.25, -0.2) is 0 Å². The van der Waals surface area contributed by atoms with Crippen molar-refractivity contribution in [2.75, 3.05) is 19.6 Å².